The lowest BCUT2D eigenvalue weighted by molar-refractivity contribution is -0.141. The van der Waals surface area contributed by atoms with E-state index in [9.17, 15) is 9.59 Å². The molecule has 0 aromatic heterocycles. The molecule has 3 aromatic rings. The van der Waals surface area contributed by atoms with E-state index in [0.717, 1.165) is 88.5 Å². The van der Waals surface area contributed by atoms with Gasteiger partial charge in [0.25, 0.3) is 0 Å². The summed E-state index contributed by atoms with van der Waals surface area (Å²) in [7, 11) is 0. The predicted octanol–water partition coefficient (Wildman–Crippen LogP) is 14.9. The van der Waals surface area contributed by atoms with Gasteiger partial charge in [-0.3, -0.25) is 9.59 Å². The molecule has 2 saturated carbocycles. The van der Waals surface area contributed by atoms with Crippen molar-refractivity contribution >= 4 is 34.9 Å². The Morgan fingerprint density at radius 1 is 0.586 bits per heavy atom. The average Bonchev–Trinajstić information content (AvgIpc) is 3.24. The first kappa shape index (κ1) is 45.2. The molecule has 0 aliphatic heterocycles. The van der Waals surface area contributed by atoms with Crippen LogP contribution < -0.4 is 18.9 Å². The van der Waals surface area contributed by atoms with Crippen molar-refractivity contribution in [3.8, 4) is 23.0 Å². The maximum Gasteiger partial charge on any atom is 0.314 e. The summed E-state index contributed by atoms with van der Waals surface area (Å²) >= 11 is 6.17. The third-order valence-electron chi connectivity index (χ3n) is 11.9. The van der Waals surface area contributed by atoms with Crippen LogP contribution in [-0.4, -0.2) is 18.5 Å². The third-order valence-corrected chi connectivity index (χ3v) is 12.2. The quantitative estimate of drug-likeness (QED) is 0.0409. The van der Waals surface area contributed by atoms with E-state index in [1.807, 2.05) is 24.3 Å². The fourth-order valence-corrected chi connectivity index (χ4v) is 8.36. The van der Waals surface area contributed by atoms with Gasteiger partial charge in [-0.2, -0.15) is 5.11 Å². The standard InChI is InChI=1S/C49H67ClN2O6/c1-4-7-10-13-34-55-47-45(58-49(54)40-24-18-37(19-25-40)15-12-9-6-3)33-32-44(46(47)56-35-38-20-26-41(50)27-21-38)52-51-42-28-30-43(31-29-42)57-48(53)39-22-16-36(17-23-39)14-11-8-5-2/h20-21,26-33,36-37,39-40H,4-19,22-25,34-35H2,1-3H3. The number of ether oxygens (including phenoxy) is 4. The monoisotopic (exact) mass is 814 g/mol. The van der Waals surface area contributed by atoms with Gasteiger partial charge in [0.2, 0.25) is 5.75 Å². The van der Waals surface area contributed by atoms with Crippen molar-refractivity contribution in [3.05, 3.63) is 71.2 Å². The normalized spacial score (nSPS) is 19.5. The topological polar surface area (TPSA) is 95.8 Å². The lowest BCUT2D eigenvalue weighted by Crippen LogP contribution is -2.26. The van der Waals surface area contributed by atoms with Crippen molar-refractivity contribution in [1.82, 2.24) is 0 Å². The molecule has 0 N–H and O–H groups in total. The van der Waals surface area contributed by atoms with Gasteiger partial charge in [0.15, 0.2) is 11.5 Å². The second-order valence-corrected chi connectivity index (χ2v) is 17.0. The van der Waals surface area contributed by atoms with Crippen LogP contribution in [0.15, 0.2) is 70.9 Å². The molecule has 3 aromatic carbocycles. The first-order valence-electron chi connectivity index (χ1n) is 22.5. The van der Waals surface area contributed by atoms with E-state index in [1.54, 1.807) is 36.4 Å². The molecular weight excluding hydrogens is 748 g/mol. The Bertz CT molecular complexity index is 1700. The largest absolute Gasteiger partial charge is 0.486 e. The van der Waals surface area contributed by atoms with E-state index in [2.05, 4.69) is 31.0 Å². The Balaban J connectivity index is 1.30. The van der Waals surface area contributed by atoms with Crippen molar-refractivity contribution in [3.63, 3.8) is 0 Å². The first-order valence-corrected chi connectivity index (χ1v) is 22.9. The van der Waals surface area contributed by atoms with Crippen LogP contribution in [0.25, 0.3) is 0 Å². The second kappa shape index (κ2) is 24.9. The number of hydrogen-bond donors (Lipinski definition) is 0. The summed E-state index contributed by atoms with van der Waals surface area (Å²) < 4.78 is 24.9. The van der Waals surface area contributed by atoms with Gasteiger partial charge >= 0.3 is 11.9 Å². The van der Waals surface area contributed by atoms with Gasteiger partial charge in [-0.1, -0.05) is 115 Å². The number of unbranched alkanes of at least 4 members (excludes halogenated alkanes) is 7. The molecule has 8 nitrogen and oxygen atoms in total. The summed E-state index contributed by atoms with van der Waals surface area (Å²) in [5.41, 5.74) is 1.93. The molecule has 0 amide bonds. The maximum atomic E-state index is 13.7. The van der Waals surface area contributed by atoms with Crippen LogP contribution in [-0.2, 0) is 16.2 Å². The molecule has 9 heteroatoms. The minimum atomic E-state index is -0.225. The minimum absolute atomic E-state index is 0.0475. The number of hydrogen-bond acceptors (Lipinski definition) is 8. The van der Waals surface area contributed by atoms with Crippen LogP contribution in [0, 0.1) is 23.7 Å². The molecule has 0 radical (unpaired) electrons. The number of esters is 2. The van der Waals surface area contributed by atoms with Crippen molar-refractivity contribution in [2.45, 2.75) is 156 Å². The zero-order valence-corrected chi connectivity index (χ0v) is 36.1. The summed E-state index contributed by atoms with van der Waals surface area (Å²) in [6.45, 7) is 7.30. The number of azo groups is 1. The number of rotatable bonds is 23. The number of carbonyl (C=O) groups excluding carboxylic acids is 2. The van der Waals surface area contributed by atoms with E-state index in [0.29, 0.717) is 51.9 Å². The van der Waals surface area contributed by atoms with Crippen molar-refractivity contribution in [2.75, 3.05) is 6.61 Å². The highest BCUT2D eigenvalue weighted by Crippen LogP contribution is 2.46. The number of halogens is 1. The van der Waals surface area contributed by atoms with Crippen LogP contribution in [0.4, 0.5) is 11.4 Å². The van der Waals surface area contributed by atoms with Gasteiger partial charge < -0.3 is 18.9 Å². The number of carbonyl (C=O) groups is 2. The third kappa shape index (κ3) is 14.7. The SMILES string of the molecule is CCCCCCOc1c(OC(=O)C2CCC(CCCCC)CC2)ccc(N=Nc2ccc(OC(=O)C3CCC(CCCCC)CC3)cc2)c1OCc1ccc(Cl)cc1. The number of nitrogens with zero attached hydrogens (tertiary/aromatic N) is 2. The Morgan fingerprint density at radius 2 is 1.16 bits per heavy atom. The van der Waals surface area contributed by atoms with Crippen LogP contribution in [0.1, 0.15) is 155 Å². The summed E-state index contributed by atoms with van der Waals surface area (Å²) in [4.78, 5) is 26.7. The van der Waals surface area contributed by atoms with Gasteiger partial charge in [-0.15, -0.1) is 5.11 Å². The average molecular weight is 816 g/mol. The highest BCUT2D eigenvalue weighted by molar-refractivity contribution is 6.30. The van der Waals surface area contributed by atoms with E-state index in [1.165, 1.54) is 51.4 Å². The summed E-state index contributed by atoms with van der Waals surface area (Å²) in [5, 5.41) is 9.79. The highest BCUT2D eigenvalue weighted by atomic mass is 35.5. The molecule has 2 aliphatic carbocycles. The number of benzene rings is 3. The zero-order chi connectivity index (χ0) is 41.0. The molecule has 316 valence electrons. The van der Waals surface area contributed by atoms with E-state index >= 15 is 0 Å². The summed E-state index contributed by atoms with van der Waals surface area (Å²) in [6, 6.07) is 18.0. The molecule has 0 unspecified atom stereocenters. The highest BCUT2D eigenvalue weighted by Gasteiger charge is 2.30. The lowest BCUT2D eigenvalue weighted by atomic mass is 9.80. The maximum absolute atomic E-state index is 13.7. The van der Waals surface area contributed by atoms with Crippen LogP contribution in [0.5, 0.6) is 23.0 Å². The zero-order valence-electron chi connectivity index (χ0n) is 35.4. The Labute approximate surface area is 352 Å². The second-order valence-electron chi connectivity index (χ2n) is 16.5. The summed E-state index contributed by atoms with van der Waals surface area (Å²) in [6.07, 6.45) is 22.0. The van der Waals surface area contributed by atoms with Gasteiger partial charge in [-0.25, -0.2) is 0 Å². The van der Waals surface area contributed by atoms with Gasteiger partial charge in [-0.05, 0) is 124 Å². The van der Waals surface area contributed by atoms with Crippen LogP contribution >= 0.6 is 11.6 Å². The Kier molecular flexibility index (Phi) is 19.4. The van der Waals surface area contributed by atoms with Crippen LogP contribution in [0.3, 0.4) is 0 Å². The molecule has 0 spiro atoms. The first-order chi connectivity index (χ1) is 28.4. The fourth-order valence-electron chi connectivity index (χ4n) is 8.23. The van der Waals surface area contributed by atoms with E-state index in [-0.39, 0.29) is 30.4 Å². The van der Waals surface area contributed by atoms with E-state index < -0.39 is 0 Å². The lowest BCUT2D eigenvalue weighted by Gasteiger charge is -2.27. The molecule has 0 bridgehead atoms. The van der Waals surface area contributed by atoms with Crippen molar-refractivity contribution in [2.24, 2.45) is 33.9 Å². The molecule has 0 atom stereocenters. The molecule has 2 aliphatic rings. The Hall–Kier alpha value is -3.91. The Morgan fingerprint density at radius 3 is 1.74 bits per heavy atom. The van der Waals surface area contributed by atoms with Gasteiger partial charge in [0.1, 0.15) is 18.0 Å². The molecule has 0 saturated heterocycles. The van der Waals surface area contributed by atoms with Crippen molar-refractivity contribution in [1.29, 1.82) is 0 Å². The minimum Gasteiger partial charge on any atom is -0.486 e. The van der Waals surface area contributed by atoms with Crippen LogP contribution in [0.2, 0.25) is 5.02 Å². The fraction of sp³-hybridized carbons (Fsp3) is 0.592. The molecule has 2 fully saturated rings. The molecular formula is C49H67ClN2O6. The van der Waals surface area contributed by atoms with E-state index in [4.69, 9.17) is 30.5 Å². The smallest absolute Gasteiger partial charge is 0.314 e. The molecule has 58 heavy (non-hydrogen) atoms. The molecule has 0 heterocycles. The predicted molar refractivity (Wildman–Crippen MR) is 233 cm³/mol. The van der Waals surface area contributed by atoms with Gasteiger partial charge in [0.05, 0.1) is 24.1 Å². The van der Waals surface area contributed by atoms with Crippen molar-refractivity contribution < 1.29 is 28.5 Å². The molecule has 5 rings (SSSR count). The van der Waals surface area contributed by atoms with Gasteiger partial charge in [0, 0.05) is 5.02 Å². The summed E-state index contributed by atoms with van der Waals surface area (Å²) in [5.74, 6) is 2.38.